The first-order valence-corrected chi connectivity index (χ1v) is 6.74. The fourth-order valence-electron chi connectivity index (χ4n) is 2.27. The number of hydrogen-bond donors (Lipinski definition) is 2. The number of nitrogens with one attached hydrogen (secondary N) is 2. The first kappa shape index (κ1) is 13.1. The number of likely N-dealkylation sites (tertiary alicyclic amines) is 1. The molecule has 0 atom stereocenters. The Morgan fingerprint density at radius 1 is 1.44 bits per heavy atom. The lowest BCUT2D eigenvalue weighted by Gasteiger charge is -2.26. The van der Waals surface area contributed by atoms with Crippen LogP contribution in [0.1, 0.15) is 36.9 Å². The molecule has 1 fully saturated rings. The Labute approximate surface area is 108 Å². The molecule has 1 aliphatic rings. The number of rotatable bonds is 5. The van der Waals surface area contributed by atoms with E-state index in [1.54, 1.807) is 0 Å². The molecule has 0 spiro atoms. The zero-order valence-electron chi connectivity index (χ0n) is 11.0. The maximum atomic E-state index is 11.9. The third kappa shape index (κ3) is 3.57. The number of amides is 1. The standard InChI is InChI=1S/C13H22N4O/c1-11-12(10-15-16-11)9-14-6-5-13(18)17-7-3-2-4-8-17/h10,14H,2-9H2,1H3,(H,15,16). The molecule has 2 heterocycles. The predicted octanol–water partition coefficient (Wildman–Crippen LogP) is 1.21. The highest BCUT2D eigenvalue weighted by atomic mass is 16.2. The van der Waals surface area contributed by atoms with Crippen LogP contribution < -0.4 is 5.32 Å². The van der Waals surface area contributed by atoms with Crippen LogP contribution in [-0.4, -0.2) is 40.6 Å². The third-order valence-electron chi connectivity index (χ3n) is 3.47. The number of piperidine rings is 1. The summed E-state index contributed by atoms with van der Waals surface area (Å²) in [6, 6.07) is 0. The summed E-state index contributed by atoms with van der Waals surface area (Å²) in [5.41, 5.74) is 2.25. The van der Waals surface area contributed by atoms with Gasteiger partial charge in [-0.1, -0.05) is 0 Å². The van der Waals surface area contributed by atoms with Gasteiger partial charge in [-0.2, -0.15) is 5.10 Å². The summed E-state index contributed by atoms with van der Waals surface area (Å²) in [5, 5.41) is 10.2. The van der Waals surface area contributed by atoms with Crippen molar-refractivity contribution in [1.82, 2.24) is 20.4 Å². The van der Waals surface area contributed by atoms with E-state index in [0.29, 0.717) is 6.42 Å². The third-order valence-corrected chi connectivity index (χ3v) is 3.47. The molecular weight excluding hydrogens is 228 g/mol. The molecule has 1 saturated heterocycles. The van der Waals surface area contributed by atoms with Gasteiger partial charge in [-0.05, 0) is 26.2 Å². The topological polar surface area (TPSA) is 61.0 Å². The van der Waals surface area contributed by atoms with E-state index in [1.807, 2.05) is 18.0 Å². The molecule has 1 aromatic rings. The Morgan fingerprint density at radius 3 is 2.89 bits per heavy atom. The lowest BCUT2D eigenvalue weighted by Crippen LogP contribution is -2.37. The predicted molar refractivity (Wildman–Crippen MR) is 70.1 cm³/mol. The lowest BCUT2D eigenvalue weighted by atomic mass is 10.1. The molecule has 2 rings (SSSR count). The zero-order chi connectivity index (χ0) is 12.8. The molecule has 1 aromatic heterocycles. The summed E-state index contributed by atoms with van der Waals surface area (Å²) in [5.74, 6) is 0.283. The van der Waals surface area contributed by atoms with Gasteiger partial charge < -0.3 is 10.2 Å². The Hall–Kier alpha value is -1.36. The molecule has 0 radical (unpaired) electrons. The van der Waals surface area contributed by atoms with Crippen molar-refractivity contribution in [3.8, 4) is 0 Å². The van der Waals surface area contributed by atoms with E-state index in [2.05, 4.69) is 15.5 Å². The number of aryl methyl sites for hydroxylation is 1. The molecule has 100 valence electrons. The number of H-pyrrole nitrogens is 1. The molecule has 0 unspecified atom stereocenters. The van der Waals surface area contributed by atoms with Crippen LogP contribution in [0.5, 0.6) is 0 Å². The lowest BCUT2D eigenvalue weighted by molar-refractivity contribution is -0.131. The van der Waals surface area contributed by atoms with Gasteiger partial charge in [-0.15, -0.1) is 0 Å². The van der Waals surface area contributed by atoms with Gasteiger partial charge in [0.05, 0.1) is 6.20 Å². The maximum absolute atomic E-state index is 11.9. The fraction of sp³-hybridized carbons (Fsp3) is 0.692. The Morgan fingerprint density at radius 2 is 2.22 bits per heavy atom. The molecule has 18 heavy (non-hydrogen) atoms. The minimum Gasteiger partial charge on any atom is -0.343 e. The number of hydrogen-bond acceptors (Lipinski definition) is 3. The highest BCUT2D eigenvalue weighted by molar-refractivity contribution is 5.76. The summed E-state index contributed by atoms with van der Waals surface area (Å²) < 4.78 is 0. The van der Waals surface area contributed by atoms with E-state index in [4.69, 9.17) is 0 Å². The number of nitrogens with zero attached hydrogens (tertiary/aromatic N) is 2. The molecular formula is C13H22N4O. The van der Waals surface area contributed by atoms with Crippen LogP contribution in [0.3, 0.4) is 0 Å². The van der Waals surface area contributed by atoms with Crippen molar-refractivity contribution in [2.24, 2.45) is 0 Å². The minimum absolute atomic E-state index is 0.283. The van der Waals surface area contributed by atoms with Gasteiger partial charge >= 0.3 is 0 Å². The summed E-state index contributed by atoms with van der Waals surface area (Å²) in [6.45, 7) is 5.40. The van der Waals surface area contributed by atoms with Crippen molar-refractivity contribution >= 4 is 5.91 Å². The zero-order valence-corrected chi connectivity index (χ0v) is 11.0. The second-order valence-electron chi connectivity index (χ2n) is 4.89. The fourth-order valence-corrected chi connectivity index (χ4v) is 2.27. The second kappa shape index (κ2) is 6.54. The SMILES string of the molecule is Cc1[nH]ncc1CNCCC(=O)N1CCCCC1. The van der Waals surface area contributed by atoms with Crippen molar-refractivity contribution < 1.29 is 4.79 Å². The van der Waals surface area contributed by atoms with Crippen LogP contribution >= 0.6 is 0 Å². The number of aromatic amines is 1. The van der Waals surface area contributed by atoms with Crippen molar-refractivity contribution in [1.29, 1.82) is 0 Å². The molecule has 5 heteroatoms. The van der Waals surface area contributed by atoms with Crippen molar-refractivity contribution in [2.45, 2.75) is 39.2 Å². The summed E-state index contributed by atoms with van der Waals surface area (Å²) in [6.07, 6.45) is 6.01. The largest absolute Gasteiger partial charge is 0.343 e. The van der Waals surface area contributed by atoms with Crippen LogP contribution in [0.2, 0.25) is 0 Å². The number of carbonyl (C=O) groups is 1. The van der Waals surface area contributed by atoms with Gasteiger partial charge in [0.1, 0.15) is 0 Å². The minimum atomic E-state index is 0.283. The van der Waals surface area contributed by atoms with E-state index in [0.717, 1.165) is 44.7 Å². The van der Waals surface area contributed by atoms with Gasteiger partial charge in [-0.3, -0.25) is 9.89 Å². The van der Waals surface area contributed by atoms with Crippen molar-refractivity contribution in [2.75, 3.05) is 19.6 Å². The highest BCUT2D eigenvalue weighted by Gasteiger charge is 2.15. The van der Waals surface area contributed by atoms with E-state index < -0.39 is 0 Å². The first-order valence-electron chi connectivity index (χ1n) is 6.74. The second-order valence-corrected chi connectivity index (χ2v) is 4.89. The summed E-state index contributed by atoms with van der Waals surface area (Å²) in [4.78, 5) is 13.9. The van der Waals surface area contributed by atoms with Crippen LogP contribution in [0.15, 0.2) is 6.20 Å². The summed E-state index contributed by atoms with van der Waals surface area (Å²) >= 11 is 0. The van der Waals surface area contributed by atoms with Gasteiger partial charge in [0.2, 0.25) is 5.91 Å². The molecule has 2 N–H and O–H groups in total. The Kier molecular flexibility index (Phi) is 4.75. The molecule has 0 bridgehead atoms. The average Bonchev–Trinajstić information content (AvgIpc) is 2.81. The molecule has 1 amide bonds. The summed E-state index contributed by atoms with van der Waals surface area (Å²) in [7, 11) is 0. The smallest absolute Gasteiger partial charge is 0.223 e. The Bertz CT molecular complexity index is 382. The van der Waals surface area contributed by atoms with Crippen LogP contribution in [0.4, 0.5) is 0 Å². The van der Waals surface area contributed by atoms with E-state index >= 15 is 0 Å². The maximum Gasteiger partial charge on any atom is 0.223 e. The molecule has 0 aromatic carbocycles. The van der Waals surface area contributed by atoms with E-state index in [1.165, 1.54) is 12.0 Å². The van der Waals surface area contributed by atoms with Crippen molar-refractivity contribution in [3.05, 3.63) is 17.5 Å². The molecule has 1 aliphatic heterocycles. The number of aromatic nitrogens is 2. The van der Waals surface area contributed by atoms with E-state index in [-0.39, 0.29) is 5.91 Å². The number of carbonyl (C=O) groups excluding carboxylic acids is 1. The average molecular weight is 250 g/mol. The Balaban J connectivity index is 1.63. The van der Waals surface area contributed by atoms with Crippen LogP contribution in [0, 0.1) is 6.92 Å². The van der Waals surface area contributed by atoms with Crippen LogP contribution in [-0.2, 0) is 11.3 Å². The van der Waals surface area contributed by atoms with Crippen molar-refractivity contribution in [3.63, 3.8) is 0 Å². The van der Waals surface area contributed by atoms with Gasteiger partial charge in [0.25, 0.3) is 0 Å². The molecule has 0 saturated carbocycles. The highest BCUT2D eigenvalue weighted by Crippen LogP contribution is 2.09. The van der Waals surface area contributed by atoms with E-state index in [9.17, 15) is 4.79 Å². The van der Waals surface area contributed by atoms with Gasteiger partial charge in [0, 0.05) is 43.9 Å². The van der Waals surface area contributed by atoms with Gasteiger partial charge in [-0.25, -0.2) is 0 Å². The van der Waals surface area contributed by atoms with Crippen LogP contribution in [0.25, 0.3) is 0 Å². The quantitative estimate of drug-likeness (QED) is 0.772. The molecule has 0 aliphatic carbocycles. The van der Waals surface area contributed by atoms with Gasteiger partial charge in [0.15, 0.2) is 0 Å². The first-order chi connectivity index (χ1) is 8.77. The normalized spacial score (nSPS) is 15.9. The molecule has 5 nitrogen and oxygen atoms in total. The monoisotopic (exact) mass is 250 g/mol.